The van der Waals surface area contributed by atoms with Crippen LogP contribution in [-0.4, -0.2) is 21.1 Å². The van der Waals surface area contributed by atoms with Gasteiger partial charge in [0.2, 0.25) is 0 Å². The molecule has 0 saturated carbocycles. The predicted molar refractivity (Wildman–Crippen MR) is 40.1 cm³/mol. The van der Waals surface area contributed by atoms with Gasteiger partial charge in [0.25, 0.3) is 0 Å². The molecule has 0 aromatic carbocycles. The number of hydrogen-bond donors (Lipinski definition) is 1. The van der Waals surface area contributed by atoms with E-state index in [0.29, 0.717) is 0 Å². The molecular weight excluding hydrogens is 113 g/mol. The van der Waals surface area contributed by atoms with Crippen molar-refractivity contribution in [3.8, 4) is 0 Å². The third-order valence-electron chi connectivity index (χ3n) is 0.577. The zero-order valence-corrected chi connectivity index (χ0v) is 6.85. The maximum atomic E-state index is 5.85. The summed E-state index contributed by atoms with van der Waals surface area (Å²) in [4.78, 5) is 0. The Labute approximate surface area is 58.0 Å². The van der Waals surface area contributed by atoms with Crippen molar-refractivity contribution in [2.24, 2.45) is 0 Å². The zero-order valence-electron chi connectivity index (χ0n) is 5.70. The van der Waals surface area contributed by atoms with E-state index in [1.807, 2.05) is 0 Å². The van der Waals surface area contributed by atoms with E-state index in [9.17, 15) is 0 Å². The first kappa shape index (κ1) is 10.9. The summed E-state index contributed by atoms with van der Waals surface area (Å²) in [6.45, 7) is 7.40. The Morgan fingerprint density at radius 1 is 1.50 bits per heavy atom. The van der Waals surface area contributed by atoms with Gasteiger partial charge in [-0.15, -0.1) is 10.6 Å². The summed E-state index contributed by atoms with van der Waals surface area (Å²) in [6, 6.07) is 0. The van der Waals surface area contributed by atoms with Crippen LogP contribution in [0.15, 0.2) is 6.58 Å². The molecule has 0 spiro atoms. The normalized spacial score (nSPS) is 5.75. The van der Waals surface area contributed by atoms with Crippen LogP contribution in [0.4, 0.5) is 0 Å². The van der Waals surface area contributed by atoms with Gasteiger partial charge in [-0.05, 0) is 12.4 Å². The van der Waals surface area contributed by atoms with Gasteiger partial charge < -0.3 is 0 Å². The van der Waals surface area contributed by atoms with Crippen molar-refractivity contribution < 1.29 is 0 Å². The standard InChI is InChI=1S/C2H3N.2C2H5.Al/c1-2-3;2*1-2;/h3H,1H2;2*1H2,2H3;. The molecule has 1 N–H and O–H groups in total. The number of rotatable bonds is 2. The Bertz CT molecular complexity index is 53.5. The second kappa shape index (κ2) is 15.8. The minimum Gasteiger partial charge on any atom is -0.259 e. The van der Waals surface area contributed by atoms with Crippen LogP contribution < -0.4 is 0 Å². The lowest BCUT2D eigenvalue weighted by molar-refractivity contribution is 1.36. The molecule has 45 valence electrons. The molecule has 0 aliphatic rings. The molecule has 8 heavy (non-hydrogen) atoms. The molecule has 0 heterocycles. The molecule has 0 atom stereocenters. The molecule has 0 saturated heterocycles. The highest BCUT2D eigenvalue weighted by Crippen LogP contribution is 1.77. The van der Waals surface area contributed by atoms with Crippen molar-refractivity contribution in [3.05, 3.63) is 6.58 Å². The topological polar surface area (TPSA) is 23.9 Å². The van der Waals surface area contributed by atoms with Crippen LogP contribution in [0, 0.1) is 5.41 Å². The minimum atomic E-state index is 0.815. The molecular formula is C6H13AlN. The summed E-state index contributed by atoms with van der Waals surface area (Å²) < 4.78 is 0. The molecule has 0 aromatic heterocycles. The first-order valence-electron chi connectivity index (χ1n) is 2.83. The van der Waals surface area contributed by atoms with Crippen LogP contribution in [0.2, 0.25) is 10.6 Å². The smallest absolute Gasteiger partial charge is 0.198 e. The molecule has 0 aliphatic carbocycles. The average Bonchev–Trinajstić information content (AvgIpc) is 1.71. The van der Waals surface area contributed by atoms with Crippen LogP contribution in [0.5, 0.6) is 0 Å². The van der Waals surface area contributed by atoms with Crippen LogP contribution in [0.1, 0.15) is 13.8 Å². The molecule has 0 unspecified atom stereocenters. The van der Waals surface area contributed by atoms with Crippen LogP contribution in [-0.2, 0) is 0 Å². The van der Waals surface area contributed by atoms with Gasteiger partial charge in [-0.3, -0.25) is 5.41 Å². The first-order chi connectivity index (χ1) is 3.83. The summed E-state index contributed by atoms with van der Waals surface area (Å²) in [7, 11) is 0. The molecule has 0 amide bonds. The summed E-state index contributed by atoms with van der Waals surface area (Å²) in [6.07, 6.45) is 0. The van der Waals surface area contributed by atoms with E-state index >= 15 is 0 Å². The molecule has 2 heteroatoms. The third-order valence-corrected chi connectivity index (χ3v) is 1.73. The summed E-state index contributed by atoms with van der Waals surface area (Å²) in [5.41, 5.74) is 0. The van der Waals surface area contributed by atoms with E-state index in [2.05, 4.69) is 20.4 Å². The number of nitrogens with one attached hydrogen (secondary N) is 1. The van der Waals surface area contributed by atoms with E-state index in [1.54, 1.807) is 5.87 Å². The van der Waals surface area contributed by atoms with Crippen molar-refractivity contribution in [2.75, 3.05) is 0 Å². The van der Waals surface area contributed by atoms with E-state index in [0.717, 1.165) is 15.2 Å². The van der Waals surface area contributed by atoms with Gasteiger partial charge in [0.15, 0.2) is 15.2 Å². The average molecular weight is 126 g/mol. The Balaban J connectivity index is 0. The van der Waals surface area contributed by atoms with E-state index < -0.39 is 0 Å². The zero-order chi connectivity index (χ0) is 6.83. The van der Waals surface area contributed by atoms with Crippen molar-refractivity contribution in [1.29, 1.82) is 5.41 Å². The van der Waals surface area contributed by atoms with Gasteiger partial charge in [0.05, 0.1) is 0 Å². The number of hydrogen-bond acceptors (Lipinski definition) is 1. The molecule has 0 aromatic rings. The summed E-state index contributed by atoms with van der Waals surface area (Å²) in [5.74, 6) is 1.75. The molecule has 0 aliphatic heterocycles. The minimum absolute atomic E-state index is 0.815. The SMILES string of the molecule is C=C=N.C[CH2][Al][CH2]C. The van der Waals surface area contributed by atoms with Crippen LogP contribution in [0.25, 0.3) is 0 Å². The van der Waals surface area contributed by atoms with Crippen LogP contribution >= 0.6 is 0 Å². The lowest BCUT2D eigenvalue weighted by Crippen LogP contribution is -1.76. The van der Waals surface area contributed by atoms with Gasteiger partial charge in [-0.2, -0.15) is 0 Å². The van der Waals surface area contributed by atoms with Crippen molar-refractivity contribution >= 4 is 21.1 Å². The largest absolute Gasteiger partial charge is 0.259 e. The third kappa shape index (κ3) is 37.8. The highest BCUT2D eigenvalue weighted by atomic mass is 27.1. The highest BCUT2D eigenvalue weighted by Gasteiger charge is 1.74. The fraction of sp³-hybridized carbons (Fsp3) is 0.667. The van der Waals surface area contributed by atoms with Crippen molar-refractivity contribution in [2.45, 2.75) is 24.4 Å². The van der Waals surface area contributed by atoms with Gasteiger partial charge >= 0.3 is 0 Å². The Morgan fingerprint density at radius 2 is 1.75 bits per heavy atom. The van der Waals surface area contributed by atoms with E-state index in [1.165, 1.54) is 10.6 Å². The van der Waals surface area contributed by atoms with Gasteiger partial charge in [-0.1, -0.05) is 13.8 Å². The highest BCUT2D eigenvalue weighted by molar-refractivity contribution is 6.34. The Morgan fingerprint density at radius 3 is 1.75 bits per heavy atom. The van der Waals surface area contributed by atoms with E-state index in [-0.39, 0.29) is 0 Å². The van der Waals surface area contributed by atoms with Gasteiger partial charge in [0, 0.05) is 0 Å². The maximum Gasteiger partial charge on any atom is 0.198 e. The molecule has 0 rings (SSSR count). The maximum absolute atomic E-state index is 5.85. The predicted octanol–water partition coefficient (Wildman–Crippen LogP) is 1.99. The molecule has 0 fully saturated rings. The fourth-order valence-electron chi connectivity index (χ4n) is 0.289. The molecule has 1 nitrogen and oxygen atoms in total. The van der Waals surface area contributed by atoms with Gasteiger partial charge in [0.1, 0.15) is 0 Å². The molecule has 1 radical (unpaired) electrons. The van der Waals surface area contributed by atoms with Crippen molar-refractivity contribution in [1.82, 2.24) is 0 Å². The lowest BCUT2D eigenvalue weighted by Gasteiger charge is -1.74. The Kier molecular flexibility index (Phi) is 21.4. The second-order valence-electron chi connectivity index (χ2n) is 1.28. The lowest BCUT2D eigenvalue weighted by atomic mass is 10.9. The van der Waals surface area contributed by atoms with Crippen LogP contribution in [0.3, 0.4) is 0 Å². The van der Waals surface area contributed by atoms with E-state index in [4.69, 9.17) is 5.41 Å². The fourth-order valence-corrected chi connectivity index (χ4v) is 0.866. The summed E-state index contributed by atoms with van der Waals surface area (Å²) >= 11 is 0.815. The second-order valence-corrected chi connectivity index (χ2v) is 3.49. The van der Waals surface area contributed by atoms with Crippen molar-refractivity contribution in [3.63, 3.8) is 0 Å². The Hall–Kier alpha value is -0.0175. The first-order valence-corrected chi connectivity index (χ1v) is 4.47. The monoisotopic (exact) mass is 126 g/mol. The quantitative estimate of drug-likeness (QED) is 0.432. The van der Waals surface area contributed by atoms with Gasteiger partial charge in [-0.25, -0.2) is 0 Å². The molecule has 0 bridgehead atoms. The summed E-state index contributed by atoms with van der Waals surface area (Å²) in [5, 5.41) is 8.70.